The molecule has 1 aromatic heterocycles. The molecule has 0 aliphatic carbocycles. The van der Waals surface area contributed by atoms with Gasteiger partial charge in [-0.1, -0.05) is 19.1 Å². The Kier molecular flexibility index (Phi) is 6.46. The summed E-state index contributed by atoms with van der Waals surface area (Å²) in [6.45, 7) is 2.35. The first-order chi connectivity index (χ1) is 16.1. The monoisotopic (exact) mass is 484 g/mol. The second-order valence-electron chi connectivity index (χ2n) is 8.60. The highest BCUT2D eigenvalue weighted by Crippen LogP contribution is 2.29. The van der Waals surface area contributed by atoms with Crippen LogP contribution in [0.2, 0.25) is 0 Å². The van der Waals surface area contributed by atoms with Crippen molar-refractivity contribution in [2.45, 2.75) is 43.5 Å². The van der Waals surface area contributed by atoms with Crippen LogP contribution in [0, 0.1) is 0 Å². The molecule has 0 bridgehead atoms. The van der Waals surface area contributed by atoms with Gasteiger partial charge in [-0.25, -0.2) is 8.42 Å². The molecule has 9 nitrogen and oxygen atoms in total. The number of anilines is 1. The summed E-state index contributed by atoms with van der Waals surface area (Å²) < 4.78 is 30.7. The molecule has 0 spiro atoms. The predicted molar refractivity (Wildman–Crippen MR) is 130 cm³/mol. The average molecular weight is 485 g/mol. The molecule has 4 rings (SSSR count). The van der Waals surface area contributed by atoms with Gasteiger partial charge in [0.15, 0.2) is 0 Å². The van der Waals surface area contributed by atoms with Gasteiger partial charge in [0.25, 0.3) is 0 Å². The van der Waals surface area contributed by atoms with E-state index in [9.17, 15) is 22.8 Å². The van der Waals surface area contributed by atoms with Gasteiger partial charge in [0.2, 0.25) is 15.9 Å². The third-order valence-electron chi connectivity index (χ3n) is 6.43. The molecule has 3 aromatic rings. The summed E-state index contributed by atoms with van der Waals surface area (Å²) >= 11 is 0. The molecule has 1 N–H and O–H groups in total. The van der Waals surface area contributed by atoms with E-state index in [1.807, 2.05) is 31.2 Å². The molecular formula is C24H28N4O5S. The first-order valence-corrected chi connectivity index (χ1v) is 12.7. The van der Waals surface area contributed by atoms with E-state index in [0.29, 0.717) is 36.1 Å². The lowest BCUT2D eigenvalue weighted by Crippen LogP contribution is -2.40. The summed E-state index contributed by atoms with van der Waals surface area (Å²) in [7, 11) is -0.989. The highest BCUT2D eigenvalue weighted by Gasteiger charge is 2.36. The standard InChI is InChI=1S/C24H28N4O5S/c1-4-16-7-5-8-17(13-16)25-22(29)14-18-9-6-12-28(18)34(32,33)19-10-11-20-21(15-19)27(3)24(31)23(30)26(20)2/h5,7-8,10-11,13,15,18H,4,6,9,12,14H2,1-3H3,(H,25,29). The quantitative estimate of drug-likeness (QED) is 0.538. The third-order valence-corrected chi connectivity index (χ3v) is 8.38. The number of carbonyl (C=O) groups is 1. The number of aryl methyl sites for hydroxylation is 3. The Morgan fingerprint density at radius 3 is 2.44 bits per heavy atom. The molecule has 10 heteroatoms. The summed E-state index contributed by atoms with van der Waals surface area (Å²) in [6.07, 6.45) is 2.14. The number of aromatic nitrogens is 2. The number of carbonyl (C=O) groups excluding carboxylic acids is 1. The number of nitrogens with zero attached hydrogens (tertiary/aromatic N) is 3. The summed E-state index contributed by atoms with van der Waals surface area (Å²) in [6, 6.07) is 11.5. The van der Waals surface area contributed by atoms with Crippen LogP contribution >= 0.6 is 0 Å². The van der Waals surface area contributed by atoms with Crippen molar-refractivity contribution in [2.75, 3.05) is 11.9 Å². The van der Waals surface area contributed by atoms with Gasteiger partial charge in [-0.3, -0.25) is 14.4 Å². The highest BCUT2D eigenvalue weighted by molar-refractivity contribution is 7.89. The van der Waals surface area contributed by atoms with Crippen LogP contribution in [0.15, 0.2) is 56.9 Å². The van der Waals surface area contributed by atoms with Gasteiger partial charge in [-0.2, -0.15) is 4.31 Å². The van der Waals surface area contributed by atoms with E-state index in [1.165, 1.54) is 41.2 Å². The summed E-state index contributed by atoms with van der Waals surface area (Å²) in [5.74, 6) is -0.240. The zero-order valence-corrected chi connectivity index (χ0v) is 20.3. The molecule has 1 saturated heterocycles. The van der Waals surface area contributed by atoms with Crippen molar-refractivity contribution in [3.05, 3.63) is 68.7 Å². The Bertz CT molecular complexity index is 1490. The maximum atomic E-state index is 13.5. The van der Waals surface area contributed by atoms with Crippen LogP contribution in [0.4, 0.5) is 5.69 Å². The molecule has 2 heterocycles. The molecule has 2 aromatic carbocycles. The van der Waals surface area contributed by atoms with Gasteiger partial charge in [-0.05, 0) is 55.2 Å². The molecule has 1 unspecified atom stereocenters. The Morgan fingerprint density at radius 1 is 1.03 bits per heavy atom. The molecule has 34 heavy (non-hydrogen) atoms. The van der Waals surface area contributed by atoms with Gasteiger partial charge < -0.3 is 14.5 Å². The fraction of sp³-hybridized carbons (Fsp3) is 0.375. The van der Waals surface area contributed by atoms with Crippen LogP contribution in [-0.4, -0.2) is 40.4 Å². The molecule has 180 valence electrons. The number of amides is 1. The molecule has 1 aliphatic rings. The Hall–Kier alpha value is -3.24. The first kappa shape index (κ1) is 23.9. The molecule has 0 radical (unpaired) electrons. The molecular weight excluding hydrogens is 456 g/mol. The lowest BCUT2D eigenvalue weighted by Gasteiger charge is -2.24. The average Bonchev–Trinajstić information content (AvgIpc) is 3.29. The van der Waals surface area contributed by atoms with Crippen LogP contribution in [0.5, 0.6) is 0 Å². The van der Waals surface area contributed by atoms with Gasteiger partial charge in [-0.15, -0.1) is 0 Å². The first-order valence-electron chi connectivity index (χ1n) is 11.2. The maximum Gasteiger partial charge on any atom is 0.316 e. The minimum Gasteiger partial charge on any atom is -0.326 e. The molecule has 1 aliphatic heterocycles. The van der Waals surface area contributed by atoms with E-state index in [1.54, 1.807) is 0 Å². The number of hydrogen-bond acceptors (Lipinski definition) is 5. The van der Waals surface area contributed by atoms with Crippen molar-refractivity contribution in [1.29, 1.82) is 0 Å². The lowest BCUT2D eigenvalue weighted by molar-refractivity contribution is -0.116. The zero-order chi connectivity index (χ0) is 24.6. The Balaban J connectivity index is 1.60. The highest BCUT2D eigenvalue weighted by atomic mass is 32.2. The van der Waals surface area contributed by atoms with E-state index in [4.69, 9.17) is 0 Å². The van der Waals surface area contributed by atoms with Crippen molar-refractivity contribution in [1.82, 2.24) is 13.4 Å². The summed E-state index contributed by atoms with van der Waals surface area (Å²) in [4.78, 5) is 37.0. The summed E-state index contributed by atoms with van der Waals surface area (Å²) in [5.41, 5.74) is 1.19. The van der Waals surface area contributed by atoms with Crippen molar-refractivity contribution >= 4 is 32.7 Å². The zero-order valence-electron chi connectivity index (χ0n) is 19.4. The van der Waals surface area contributed by atoms with Crippen molar-refractivity contribution in [3.63, 3.8) is 0 Å². The lowest BCUT2D eigenvalue weighted by atomic mass is 10.1. The van der Waals surface area contributed by atoms with Crippen LogP contribution in [0.25, 0.3) is 11.0 Å². The summed E-state index contributed by atoms with van der Waals surface area (Å²) in [5, 5.41) is 2.87. The van der Waals surface area contributed by atoms with Gasteiger partial charge in [0, 0.05) is 38.8 Å². The van der Waals surface area contributed by atoms with Crippen LogP contribution in [0.3, 0.4) is 0 Å². The van der Waals surface area contributed by atoms with Crippen LogP contribution < -0.4 is 16.4 Å². The molecule has 1 fully saturated rings. The second-order valence-corrected chi connectivity index (χ2v) is 10.5. The minimum absolute atomic E-state index is 0.0246. The number of rotatable bonds is 6. The number of sulfonamides is 1. The molecule has 1 amide bonds. The second kappa shape index (κ2) is 9.19. The Morgan fingerprint density at radius 2 is 1.74 bits per heavy atom. The maximum absolute atomic E-state index is 13.5. The van der Waals surface area contributed by atoms with E-state index >= 15 is 0 Å². The van der Waals surface area contributed by atoms with Gasteiger partial charge in [0.1, 0.15) is 0 Å². The SMILES string of the molecule is CCc1cccc(NC(=O)CC2CCCN2S(=O)(=O)c2ccc3c(c2)n(C)c(=O)c(=O)n3C)c1. The van der Waals surface area contributed by atoms with Gasteiger partial charge >= 0.3 is 11.1 Å². The number of nitrogens with one attached hydrogen (secondary N) is 1. The molecule has 1 atom stereocenters. The number of hydrogen-bond donors (Lipinski definition) is 1. The van der Waals surface area contributed by atoms with E-state index in [2.05, 4.69) is 5.32 Å². The predicted octanol–water partition coefficient (Wildman–Crippen LogP) is 1.98. The van der Waals surface area contributed by atoms with E-state index in [-0.39, 0.29) is 17.2 Å². The van der Waals surface area contributed by atoms with Crippen molar-refractivity contribution in [3.8, 4) is 0 Å². The topological polar surface area (TPSA) is 110 Å². The van der Waals surface area contributed by atoms with Crippen LogP contribution in [-0.2, 0) is 35.3 Å². The fourth-order valence-electron chi connectivity index (χ4n) is 4.48. The smallest absolute Gasteiger partial charge is 0.316 e. The Labute approximate surface area is 197 Å². The normalized spacial score (nSPS) is 16.7. The number of fused-ring (bicyclic) bond motifs is 1. The molecule has 0 saturated carbocycles. The van der Waals surface area contributed by atoms with Crippen LogP contribution in [0.1, 0.15) is 31.7 Å². The van der Waals surface area contributed by atoms with E-state index in [0.717, 1.165) is 16.6 Å². The third kappa shape index (κ3) is 4.30. The number of benzene rings is 2. The van der Waals surface area contributed by atoms with Crippen molar-refractivity contribution in [2.24, 2.45) is 14.1 Å². The van der Waals surface area contributed by atoms with Gasteiger partial charge in [0.05, 0.1) is 15.9 Å². The fourth-order valence-corrected chi connectivity index (χ4v) is 6.20. The minimum atomic E-state index is -3.91. The van der Waals surface area contributed by atoms with Crippen molar-refractivity contribution < 1.29 is 13.2 Å². The largest absolute Gasteiger partial charge is 0.326 e. The van der Waals surface area contributed by atoms with E-state index < -0.39 is 27.2 Å².